The number of amides is 2. The van der Waals surface area contributed by atoms with Crippen LogP contribution in [0.15, 0.2) is 22.7 Å². The Morgan fingerprint density at radius 3 is 2.38 bits per heavy atom. The maximum atomic E-state index is 15.3. The molecule has 0 saturated carbocycles. The molecule has 0 radical (unpaired) electrons. The number of anilines is 2. The predicted octanol–water partition coefficient (Wildman–Crippen LogP) is 6.39. The molecule has 0 bridgehead atoms. The minimum Gasteiger partial charge on any atom is -0.444 e. The van der Waals surface area contributed by atoms with Gasteiger partial charge in [-0.25, -0.2) is 18.3 Å². The lowest BCUT2D eigenvalue weighted by atomic mass is 9.91. The van der Waals surface area contributed by atoms with E-state index in [2.05, 4.69) is 20.9 Å². The topological polar surface area (TPSA) is 135 Å². The number of benzene rings is 1. The first-order valence-electron chi connectivity index (χ1n) is 12.7. The van der Waals surface area contributed by atoms with E-state index in [4.69, 9.17) is 9.26 Å². The summed E-state index contributed by atoms with van der Waals surface area (Å²) in [6.45, 7) is 14.6. The number of hydrogen-bond donors (Lipinski definition) is 2. The van der Waals surface area contributed by atoms with Crippen LogP contribution in [0.25, 0.3) is 11.3 Å². The van der Waals surface area contributed by atoms with Crippen LogP contribution in [-0.2, 0) is 22.4 Å². The molecule has 0 atom stereocenters. The summed E-state index contributed by atoms with van der Waals surface area (Å²) in [6, 6.07) is 5.64. The van der Waals surface area contributed by atoms with E-state index in [0.717, 1.165) is 0 Å². The molecule has 2 N–H and O–H groups in total. The van der Waals surface area contributed by atoms with Crippen molar-refractivity contribution in [3.05, 3.63) is 46.7 Å². The number of aromatic nitrogens is 3. The number of nitrogens with one attached hydrogen (secondary N) is 2. The van der Waals surface area contributed by atoms with Gasteiger partial charge in [-0.15, -0.1) is 0 Å². The van der Waals surface area contributed by atoms with Gasteiger partial charge in [0.05, 0.1) is 12.1 Å². The number of ether oxygens (including phenoxy) is 1. The number of carbonyl (C=O) groups is 2. The van der Waals surface area contributed by atoms with E-state index in [1.165, 1.54) is 16.8 Å². The van der Waals surface area contributed by atoms with Crippen molar-refractivity contribution in [3.8, 4) is 17.3 Å². The van der Waals surface area contributed by atoms with Crippen LogP contribution in [-0.4, -0.2) is 32.5 Å². The maximum absolute atomic E-state index is 15.3. The van der Waals surface area contributed by atoms with Gasteiger partial charge in [0.25, 0.3) is 0 Å². The Bertz CT molecular complexity index is 1450. The summed E-state index contributed by atoms with van der Waals surface area (Å²) >= 11 is 0. The molecule has 3 aromatic rings. The van der Waals surface area contributed by atoms with Crippen LogP contribution < -0.4 is 10.6 Å². The van der Waals surface area contributed by atoms with Crippen LogP contribution in [0.1, 0.15) is 78.3 Å². The Balaban J connectivity index is 1.87. The molecule has 0 aliphatic rings. The molecule has 10 nitrogen and oxygen atoms in total. The minimum atomic E-state index is -1.29. The highest BCUT2D eigenvalue weighted by Gasteiger charge is 2.28. The lowest BCUT2D eigenvalue weighted by Gasteiger charge is -2.20. The molecule has 2 amide bonds. The first-order chi connectivity index (χ1) is 18.5. The predicted molar refractivity (Wildman–Crippen MR) is 145 cm³/mol. The molecule has 2 aromatic heterocycles. The van der Waals surface area contributed by atoms with Gasteiger partial charge in [0, 0.05) is 23.2 Å². The number of nitriles is 1. The maximum Gasteiger partial charge on any atom is 0.413 e. The highest BCUT2D eigenvalue weighted by Crippen LogP contribution is 2.34. The number of hydrogen-bond acceptors (Lipinski definition) is 7. The zero-order chi connectivity index (χ0) is 30.0. The van der Waals surface area contributed by atoms with Crippen LogP contribution in [0.5, 0.6) is 0 Å². The monoisotopic (exact) mass is 556 g/mol. The lowest BCUT2D eigenvalue weighted by Crippen LogP contribution is -2.28. The highest BCUT2D eigenvalue weighted by molar-refractivity contribution is 5.91. The van der Waals surface area contributed by atoms with Crippen molar-refractivity contribution < 1.29 is 27.6 Å². The highest BCUT2D eigenvalue weighted by atomic mass is 19.2. The molecule has 12 heteroatoms. The fraction of sp³-hybridized carbons (Fsp3) is 0.464. The largest absolute Gasteiger partial charge is 0.444 e. The number of halogens is 2. The van der Waals surface area contributed by atoms with Crippen molar-refractivity contribution in [1.29, 1.82) is 5.26 Å². The Morgan fingerprint density at radius 1 is 1.12 bits per heavy atom. The molecule has 0 fully saturated rings. The number of carbonyl (C=O) groups excluding carboxylic acids is 2. The SMILES string of the molecule is CC(C)n1nc(-c2ccc(CC(=O)Nc3cc(CC(C)(C)C)no3)c(F)c2F)c(C#N)c1NC(=O)OC(C)(C)C. The minimum absolute atomic E-state index is 0.0112. The summed E-state index contributed by atoms with van der Waals surface area (Å²) in [5, 5.41) is 23.1. The average molecular weight is 557 g/mol. The molecule has 3 rings (SSSR count). The van der Waals surface area contributed by atoms with Gasteiger partial charge in [-0.3, -0.25) is 15.4 Å². The van der Waals surface area contributed by atoms with Crippen molar-refractivity contribution in [2.24, 2.45) is 5.41 Å². The van der Waals surface area contributed by atoms with Gasteiger partial charge in [-0.2, -0.15) is 10.4 Å². The quantitative estimate of drug-likeness (QED) is 0.344. The fourth-order valence-corrected chi connectivity index (χ4v) is 3.88. The summed E-state index contributed by atoms with van der Waals surface area (Å²) in [7, 11) is 0. The number of nitrogens with zero attached hydrogens (tertiary/aromatic N) is 4. The molecule has 0 aliphatic heterocycles. The van der Waals surface area contributed by atoms with Crippen LogP contribution in [0.2, 0.25) is 0 Å². The molecule has 0 spiro atoms. The molecule has 40 heavy (non-hydrogen) atoms. The summed E-state index contributed by atoms with van der Waals surface area (Å²) in [4.78, 5) is 24.9. The molecule has 0 aliphatic carbocycles. The third-order valence-electron chi connectivity index (χ3n) is 5.43. The summed E-state index contributed by atoms with van der Waals surface area (Å²) in [6.07, 6.45) is -0.683. The fourth-order valence-electron chi connectivity index (χ4n) is 3.88. The van der Waals surface area contributed by atoms with E-state index in [1.54, 1.807) is 40.7 Å². The molecule has 0 unspecified atom stereocenters. The second-order valence-electron chi connectivity index (χ2n) is 11.9. The van der Waals surface area contributed by atoms with Crippen LogP contribution in [0.3, 0.4) is 0 Å². The van der Waals surface area contributed by atoms with Gasteiger partial charge in [0.1, 0.15) is 22.9 Å². The zero-order valence-corrected chi connectivity index (χ0v) is 23.9. The lowest BCUT2D eigenvalue weighted by molar-refractivity contribution is -0.115. The van der Waals surface area contributed by atoms with Crippen molar-refractivity contribution in [2.45, 2.75) is 79.9 Å². The molecule has 214 valence electrons. The van der Waals surface area contributed by atoms with Gasteiger partial charge in [0.2, 0.25) is 11.8 Å². The van der Waals surface area contributed by atoms with Gasteiger partial charge >= 0.3 is 6.09 Å². The second-order valence-corrected chi connectivity index (χ2v) is 11.9. The average Bonchev–Trinajstić information content (AvgIpc) is 3.38. The molecule has 2 heterocycles. The Morgan fingerprint density at radius 2 is 1.80 bits per heavy atom. The van der Waals surface area contributed by atoms with Crippen LogP contribution >= 0.6 is 0 Å². The standard InChI is InChI=1S/C28H34F2N6O4/c1-15(2)36-25(33-26(38)39-28(6,7)8)19(14-31)24(34-36)18-10-9-16(22(29)23(18)30)11-20(37)32-21-12-17(35-40-21)13-27(3,4)5/h9-10,12,15H,11,13H2,1-8H3,(H,32,37)(H,33,38). The second kappa shape index (κ2) is 11.5. The van der Waals surface area contributed by atoms with Crippen molar-refractivity contribution in [1.82, 2.24) is 14.9 Å². The third-order valence-corrected chi connectivity index (χ3v) is 5.43. The number of rotatable bonds is 7. The first kappa shape index (κ1) is 30.3. The Hall–Kier alpha value is -4.27. The molecular weight excluding hydrogens is 522 g/mol. The zero-order valence-electron chi connectivity index (χ0n) is 23.9. The Labute approximate surface area is 231 Å². The van der Waals surface area contributed by atoms with Crippen LogP contribution in [0.4, 0.5) is 25.3 Å². The van der Waals surface area contributed by atoms with Gasteiger partial charge < -0.3 is 9.26 Å². The van der Waals surface area contributed by atoms with Gasteiger partial charge in [0.15, 0.2) is 17.5 Å². The van der Waals surface area contributed by atoms with Crippen LogP contribution in [0, 0.1) is 28.4 Å². The first-order valence-corrected chi connectivity index (χ1v) is 12.7. The molecule has 1 aromatic carbocycles. The summed E-state index contributed by atoms with van der Waals surface area (Å²) in [5.74, 6) is -3.09. The molecular formula is C28H34F2N6O4. The van der Waals surface area contributed by atoms with E-state index >= 15 is 8.78 Å². The van der Waals surface area contributed by atoms with E-state index < -0.39 is 35.7 Å². The van der Waals surface area contributed by atoms with Gasteiger partial charge in [-0.1, -0.05) is 32.0 Å². The normalized spacial score (nSPS) is 11.8. The van der Waals surface area contributed by atoms with Crippen molar-refractivity contribution in [3.63, 3.8) is 0 Å². The van der Waals surface area contributed by atoms with E-state index in [0.29, 0.717) is 12.1 Å². The van der Waals surface area contributed by atoms with E-state index in [1.807, 2.05) is 26.8 Å². The van der Waals surface area contributed by atoms with Crippen molar-refractivity contribution in [2.75, 3.05) is 10.6 Å². The third kappa shape index (κ3) is 7.43. The Kier molecular flexibility index (Phi) is 8.67. The smallest absolute Gasteiger partial charge is 0.413 e. The van der Waals surface area contributed by atoms with E-state index in [-0.39, 0.29) is 45.5 Å². The summed E-state index contributed by atoms with van der Waals surface area (Å²) < 4.78 is 42.2. The van der Waals surface area contributed by atoms with Crippen molar-refractivity contribution >= 4 is 23.7 Å². The van der Waals surface area contributed by atoms with Gasteiger partial charge in [-0.05, 0) is 52.5 Å². The van der Waals surface area contributed by atoms with E-state index in [9.17, 15) is 14.9 Å². The molecule has 0 saturated heterocycles. The summed E-state index contributed by atoms with van der Waals surface area (Å²) in [5.41, 5.74) is -1.03.